The van der Waals surface area contributed by atoms with Crippen LogP contribution >= 0.6 is 15.9 Å². The Kier molecular flexibility index (Phi) is 3.94. The molecule has 0 fully saturated rings. The lowest BCUT2D eigenvalue weighted by Gasteiger charge is -2.25. The van der Waals surface area contributed by atoms with Gasteiger partial charge in [-0.3, -0.25) is 4.98 Å². The summed E-state index contributed by atoms with van der Waals surface area (Å²) < 4.78 is 0.965. The zero-order valence-electron chi connectivity index (χ0n) is 13.7. The number of halogens is 1. The molecular formula is C18H18BrN5. The summed E-state index contributed by atoms with van der Waals surface area (Å²) in [6.45, 7) is 4.02. The van der Waals surface area contributed by atoms with Gasteiger partial charge in [0.05, 0.1) is 16.9 Å². The van der Waals surface area contributed by atoms with Crippen LogP contribution in [0.3, 0.4) is 0 Å². The average molecular weight is 384 g/mol. The minimum atomic E-state index is 0.586. The molecule has 3 aromatic rings. The minimum Gasteiger partial charge on any atom is -0.323 e. The van der Waals surface area contributed by atoms with E-state index in [4.69, 9.17) is 4.98 Å². The molecule has 0 amide bonds. The number of pyridine rings is 1. The SMILES string of the molecule is Cc1nc2c(cc1Nc1ncc3cccc(Br)c3n1)CN(C)CC2. The Balaban J connectivity index is 1.70. The van der Waals surface area contributed by atoms with Crippen molar-refractivity contribution in [1.29, 1.82) is 0 Å². The van der Waals surface area contributed by atoms with E-state index in [1.165, 1.54) is 11.3 Å². The van der Waals surface area contributed by atoms with Gasteiger partial charge in [0.25, 0.3) is 0 Å². The second-order valence-corrected chi connectivity index (χ2v) is 7.07. The molecule has 0 saturated carbocycles. The number of aromatic nitrogens is 3. The number of likely N-dealkylation sites (N-methyl/N-ethyl adjacent to an activating group) is 1. The van der Waals surface area contributed by atoms with Crippen molar-refractivity contribution in [2.24, 2.45) is 0 Å². The molecule has 1 aliphatic heterocycles. The molecule has 0 saturated heterocycles. The van der Waals surface area contributed by atoms with E-state index in [2.05, 4.69) is 49.2 Å². The fraction of sp³-hybridized carbons (Fsp3) is 0.278. The Bertz CT molecular complexity index is 925. The van der Waals surface area contributed by atoms with Crippen molar-refractivity contribution >= 4 is 38.5 Å². The Morgan fingerprint density at radius 2 is 2.12 bits per heavy atom. The van der Waals surface area contributed by atoms with Crippen molar-refractivity contribution in [2.45, 2.75) is 19.9 Å². The molecule has 1 aliphatic rings. The maximum absolute atomic E-state index is 4.77. The van der Waals surface area contributed by atoms with E-state index < -0.39 is 0 Å². The average Bonchev–Trinajstić information content (AvgIpc) is 2.57. The van der Waals surface area contributed by atoms with Crippen molar-refractivity contribution in [3.63, 3.8) is 0 Å². The normalized spacial score (nSPS) is 14.6. The number of rotatable bonds is 2. The van der Waals surface area contributed by atoms with Crippen LogP contribution in [0.1, 0.15) is 17.0 Å². The van der Waals surface area contributed by atoms with E-state index in [1.807, 2.05) is 31.3 Å². The predicted molar refractivity (Wildman–Crippen MR) is 99.5 cm³/mol. The van der Waals surface area contributed by atoms with E-state index in [-0.39, 0.29) is 0 Å². The fourth-order valence-electron chi connectivity index (χ4n) is 3.04. The fourth-order valence-corrected chi connectivity index (χ4v) is 3.51. The molecular weight excluding hydrogens is 366 g/mol. The number of benzene rings is 1. The summed E-state index contributed by atoms with van der Waals surface area (Å²) >= 11 is 3.55. The van der Waals surface area contributed by atoms with Gasteiger partial charge in [-0.15, -0.1) is 0 Å². The van der Waals surface area contributed by atoms with E-state index in [1.54, 1.807) is 0 Å². The quantitative estimate of drug-likeness (QED) is 0.728. The van der Waals surface area contributed by atoms with E-state index in [0.717, 1.165) is 46.3 Å². The van der Waals surface area contributed by atoms with Gasteiger partial charge >= 0.3 is 0 Å². The van der Waals surface area contributed by atoms with Gasteiger partial charge in [-0.25, -0.2) is 9.97 Å². The number of para-hydroxylation sites is 1. The molecule has 122 valence electrons. The summed E-state index contributed by atoms with van der Waals surface area (Å²) in [5.41, 5.74) is 5.33. The van der Waals surface area contributed by atoms with Gasteiger partial charge in [0.1, 0.15) is 0 Å². The number of hydrogen-bond donors (Lipinski definition) is 1. The smallest absolute Gasteiger partial charge is 0.227 e. The molecule has 2 aromatic heterocycles. The molecule has 1 N–H and O–H groups in total. The Morgan fingerprint density at radius 3 is 3.00 bits per heavy atom. The maximum atomic E-state index is 4.77. The van der Waals surface area contributed by atoms with Crippen molar-refractivity contribution in [3.8, 4) is 0 Å². The van der Waals surface area contributed by atoms with Crippen LogP contribution in [0.25, 0.3) is 10.9 Å². The second kappa shape index (κ2) is 6.11. The monoisotopic (exact) mass is 383 g/mol. The molecule has 0 aliphatic carbocycles. The van der Waals surface area contributed by atoms with Crippen LogP contribution in [0.2, 0.25) is 0 Å². The van der Waals surface area contributed by atoms with Gasteiger partial charge in [0.15, 0.2) is 0 Å². The number of hydrogen-bond acceptors (Lipinski definition) is 5. The standard InChI is InChI=1S/C18H18BrN5/c1-11-16(8-13-10-24(2)7-6-15(13)21-11)22-18-20-9-12-4-3-5-14(19)17(12)23-18/h3-5,8-9H,6-7,10H2,1-2H3,(H,20,22,23). The lowest BCUT2D eigenvalue weighted by molar-refractivity contribution is 0.310. The highest BCUT2D eigenvalue weighted by atomic mass is 79.9. The Morgan fingerprint density at radius 1 is 1.25 bits per heavy atom. The highest BCUT2D eigenvalue weighted by molar-refractivity contribution is 9.10. The Labute approximate surface area is 149 Å². The molecule has 4 rings (SSSR count). The molecule has 24 heavy (non-hydrogen) atoms. The molecule has 3 heterocycles. The third-order valence-corrected chi connectivity index (χ3v) is 5.00. The highest BCUT2D eigenvalue weighted by Gasteiger charge is 2.17. The third kappa shape index (κ3) is 2.87. The lowest BCUT2D eigenvalue weighted by atomic mass is 10.0. The molecule has 5 nitrogen and oxygen atoms in total. The van der Waals surface area contributed by atoms with E-state index in [9.17, 15) is 0 Å². The lowest BCUT2D eigenvalue weighted by Crippen LogP contribution is -2.27. The Hall–Kier alpha value is -2.05. The summed E-state index contributed by atoms with van der Waals surface area (Å²) in [5, 5.41) is 4.34. The summed E-state index contributed by atoms with van der Waals surface area (Å²) in [6.07, 6.45) is 2.84. The summed E-state index contributed by atoms with van der Waals surface area (Å²) in [6, 6.07) is 8.16. The molecule has 0 unspecified atom stereocenters. The highest BCUT2D eigenvalue weighted by Crippen LogP contribution is 2.26. The number of aryl methyl sites for hydroxylation is 1. The van der Waals surface area contributed by atoms with Gasteiger partial charge in [0, 0.05) is 41.3 Å². The molecule has 0 spiro atoms. The van der Waals surface area contributed by atoms with E-state index in [0.29, 0.717) is 5.95 Å². The summed E-state index contributed by atoms with van der Waals surface area (Å²) in [4.78, 5) is 16.1. The molecule has 0 radical (unpaired) electrons. The van der Waals surface area contributed by atoms with Crippen LogP contribution in [-0.2, 0) is 13.0 Å². The number of nitrogens with zero attached hydrogens (tertiary/aromatic N) is 4. The summed E-state index contributed by atoms with van der Waals surface area (Å²) in [5.74, 6) is 0.586. The number of anilines is 2. The first-order valence-corrected chi connectivity index (χ1v) is 8.76. The van der Waals surface area contributed by atoms with Gasteiger partial charge < -0.3 is 10.2 Å². The number of nitrogens with one attached hydrogen (secondary N) is 1. The van der Waals surface area contributed by atoms with Crippen LogP contribution in [0.4, 0.5) is 11.6 Å². The van der Waals surface area contributed by atoms with Crippen LogP contribution in [0.15, 0.2) is 34.9 Å². The van der Waals surface area contributed by atoms with Crippen LogP contribution in [0, 0.1) is 6.92 Å². The minimum absolute atomic E-state index is 0.586. The summed E-state index contributed by atoms with van der Waals surface area (Å²) in [7, 11) is 2.14. The van der Waals surface area contributed by atoms with Gasteiger partial charge in [0.2, 0.25) is 5.95 Å². The first-order chi connectivity index (χ1) is 11.6. The molecule has 0 bridgehead atoms. The third-order valence-electron chi connectivity index (χ3n) is 4.36. The van der Waals surface area contributed by atoms with Crippen molar-refractivity contribution in [1.82, 2.24) is 19.9 Å². The first-order valence-electron chi connectivity index (χ1n) is 7.96. The van der Waals surface area contributed by atoms with E-state index >= 15 is 0 Å². The topological polar surface area (TPSA) is 53.9 Å². The first kappa shape index (κ1) is 15.5. The van der Waals surface area contributed by atoms with Gasteiger partial charge in [-0.2, -0.15) is 0 Å². The van der Waals surface area contributed by atoms with Crippen molar-refractivity contribution in [2.75, 3.05) is 18.9 Å². The van der Waals surface area contributed by atoms with Crippen LogP contribution in [-0.4, -0.2) is 33.4 Å². The van der Waals surface area contributed by atoms with Gasteiger partial charge in [-0.05, 0) is 47.6 Å². The molecule has 0 atom stereocenters. The molecule has 1 aromatic carbocycles. The maximum Gasteiger partial charge on any atom is 0.227 e. The zero-order chi connectivity index (χ0) is 16.7. The second-order valence-electron chi connectivity index (χ2n) is 6.21. The van der Waals surface area contributed by atoms with Crippen molar-refractivity contribution in [3.05, 3.63) is 51.9 Å². The van der Waals surface area contributed by atoms with Crippen LogP contribution < -0.4 is 5.32 Å². The largest absolute Gasteiger partial charge is 0.323 e. The molecule has 6 heteroatoms. The zero-order valence-corrected chi connectivity index (χ0v) is 15.3. The van der Waals surface area contributed by atoms with Crippen LogP contribution in [0.5, 0.6) is 0 Å². The predicted octanol–water partition coefficient (Wildman–Crippen LogP) is 3.83. The van der Waals surface area contributed by atoms with Gasteiger partial charge in [-0.1, -0.05) is 12.1 Å². The number of fused-ring (bicyclic) bond motifs is 2. The van der Waals surface area contributed by atoms with Crippen molar-refractivity contribution < 1.29 is 0 Å².